The molecular weight excluding hydrogens is 279 g/mol. The molecule has 2 rings (SSSR count). The van der Waals surface area contributed by atoms with Crippen LogP contribution < -0.4 is 16.0 Å². The van der Waals surface area contributed by atoms with Crippen LogP contribution in [0, 0.1) is 12.7 Å². The number of methoxy groups -OCH3 is 1. The number of nitrogens with one attached hydrogen (secondary N) is 1. The maximum absolute atomic E-state index is 14.0. The van der Waals surface area contributed by atoms with Gasteiger partial charge >= 0.3 is 0 Å². The molecule has 0 saturated heterocycles. The summed E-state index contributed by atoms with van der Waals surface area (Å²) in [7, 11) is 1.60. The lowest BCUT2D eigenvalue weighted by molar-refractivity contribution is 0.410. The molecule has 0 aliphatic carbocycles. The van der Waals surface area contributed by atoms with Crippen molar-refractivity contribution in [1.29, 1.82) is 0 Å². The van der Waals surface area contributed by atoms with Gasteiger partial charge in [0.15, 0.2) is 0 Å². The van der Waals surface area contributed by atoms with E-state index in [0.717, 1.165) is 16.9 Å². The minimum Gasteiger partial charge on any atom is -0.496 e. The molecular formula is C15H16ClFN2O. The van der Waals surface area contributed by atoms with Crippen LogP contribution in [0.2, 0.25) is 5.02 Å². The van der Waals surface area contributed by atoms with Crippen LogP contribution >= 0.6 is 11.6 Å². The first-order valence-corrected chi connectivity index (χ1v) is 6.50. The Morgan fingerprint density at radius 1 is 1.25 bits per heavy atom. The molecule has 3 nitrogen and oxygen atoms in total. The zero-order valence-electron chi connectivity index (χ0n) is 11.3. The minimum absolute atomic E-state index is 0.350. The molecule has 0 aliphatic heterocycles. The maximum Gasteiger partial charge on any atom is 0.129 e. The second-order valence-electron chi connectivity index (χ2n) is 4.49. The predicted octanol–water partition coefficient (Wildman–Crippen LogP) is 3.35. The molecule has 5 heteroatoms. The lowest BCUT2D eigenvalue weighted by Crippen LogP contribution is -2.29. The molecule has 2 aromatic carbocycles. The van der Waals surface area contributed by atoms with E-state index in [9.17, 15) is 4.39 Å². The van der Waals surface area contributed by atoms with Crippen LogP contribution in [0.3, 0.4) is 0 Å². The molecule has 0 saturated carbocycles. The van der Waals surface area contributed by atoms with E-state index in [-0.39, 0.29) is 0 Å². The highest BCUT2D eigenvalue weighted by atomic mass is 35.5. The van der Waals surface area contributed by atoms with E-state index in [0.29, 0.717) is 10.6 Å². The number of aryl methyl sites for hydroxylation is 1. The molecule has 0 amide bonds. The van der Waals surface area contributed by atoms with E-state index in [2.05, 4.69) is 5.43 Å². The van der Waals surface area contributed by atoms with Gasteiger partial charge in [0.05, 0.1) is 13.2 Å². The molecule has 0 aliphatic rings. The highest BCUT2D eigenvalue weighted by Gasteiger charge is 2.18. The van der Waals surface area contributed by atoms with Crippen LogP contribution in [-0.2, 0) is 0 Å². The first-order chi connectivity index (χ1) is 9.56. The fourth-order valence-corrected chi connectivity index (χ4v) is 2.28. The van der Waals surface area contributed by atoms with E-state index < -0.39 is 11.9 Å². The van der Waals surface area contributed by atoms with Crippen LogP contribution in [0.15, 0.2) is 36.4 Å². The molecule has 1 unspecified atom stereocenters. The number of rotatable bonds is 4. The van der Waals surface area contributed by atoms with E-state index >= 15 is 0 Å². The SMILES string of the molecule is COc1cc(C(NN)c2ccc(Cl)cc2F)ccc1C. The zero-order valence-corrected chi connectivity index (χ0v) is 12.0. The van der Waals surface area contributed by atoms with Crippen molar-refractivity contribution < 1.29 is 9.13 Å². The van der Waals surface area contributed by atoms with Gasteiger partial charge in [-0.05, 0) is 36.2 Å². The number of benzene rings is 2. The first kappa shape index (κ1) is 14.8. The average Bonchev–Trinajstić information content (AvgIpc) is 2.43. The fourth-order valence-electron chi connectivity index (χ4n) is 2.12. The summed E-state index contributed by atoms with van der Waals surface area (Å²) in [6.45, 7) is 1.94. The van der Waals surface area contributed by atoms with Gasteiger partial charge in [-0.25, -0.2) is 9.82 Å². The molecule has 1 atom stereocenters. The summed E-state index contributed by atoms with van der Waals surface area (Å²) >= 11 is 5.77. The molecule has 0 radical (unpaired) electrons. The molecule has 106 valence electrons. The van der Waals surface area contributed by atoms with Gasteiger partial charge in [0.2, 0.25) is 0 Å². The Morgan fingerprint density at radius 2 is 2.00 bits per heavy atom. The van der Waals surface area contributed by atoms with Gasteiger partial charge in [-0.2, -0.15) is 0 Å². The number of ether oxygens (including phenoxy) is 1. The molecule has 0 fully saturated rings. The lowest BCUT2D eigenvalue weighted by atomic mass is 9.97. The van der Waals surface area contributed by atoms with Crippen LogP contribution in [0.5, 0.6) is 5.75 Å². The fraction of sp³-hybridized carbons (Fsp3) is 0.200. The summed E-state index contributed by atoms with van der Waals surface area (Å²) < 4.78 is 19.3. The van der Waals surface area contributed by atoms with E-state index in [1.54, 1.807) is 19.2 Å². The van der Waals surface area contributed by atoms with E-state index in [4.69, 9.17) is 22.2 Å². The van der Waals surface area contributed by atoms with Crippen molar-refractivity contribution in [2.45, 2.75) is 13.0 Å². The van der Waals surface area contributed by atoms with Gasteiger partial charge in [-0.3, -0.25) is 5.84 Å². The monoisotopic (exact) mass is 294 g/mol. The predicted molar refractivity (Wildman–Crippen MR) is 78.3 cm³/mol. The Bertz CT molecular complexity index is 619. The van der Waals surface area contributed by atoms with Gasteiger partial charge in [-0.1, -0.05) is 29.8 Å². The van der Waals surface area contributed by atoms with Gasteiger partial charge < -0.3 is 4.74 Å². The lowest BCUT2D eigenvalue weighted by Gasteiger charge is -2.19. The molecule has 0 bridgehead atoms. The molecule has 3 N–H and O–H groups in total. The van der Waals surface area contributed by atoms with Crippen molar-refractivity contribution in [3.8, 4) is 5.75 Å². The van der Waals surface area contributed by atoms with Crippen molar-refractivity contribution in [3.63, 3.8) is 0 Å². The molecule has 2 aromatic rings. The number of halogens is 2. The van der Waals surface area contributed by atoms with Crippen LogP contribution in [0.1, 0.15) is 22.7 Å². The Kier molecular flexibility index (Phi) is 4.60. The third-order valence-electron chi connectivity index (χ3n) is 3.21. The third kappa shape index (κ3) is 2.93. The van der Waals surface area contributed by atoms with Gasteiger partial charge in [-0.15, -0.1) is 0 Å². The third-order valence-corrected chi connectivity index (χ3v) is 3.44. The van der Waals surface area contributed by atoms with Crippen molar-refractivity contribution in [2.75, 3.05) is 7.11 Å². The summed E-state index contributed by atoms with van der Waals surface area (Å²) in [5.74, 6) is 5.91. The van der Waals surface area contributed by atoms with Crippen molar-refractivity contribution in [2.24, 2.45) is 5.84 Å². The Labute approximate surface area is 122 Å². The van der Waals surface area contributed by atoms with Crippen molar-refractivity contribution in [3.05, 3.63) is 63.9 Å². The summed E-state index contributed by atoms with van der Waals surface area (Å²) in [5, 5.41) is 0.350. The van der Waals surface area contributed by atoms with Crippen LogP contribution in [0.4, 0.5) is 4.39 Å². The highest BCUT2D eigenvalue weighted by molar-refractivity contribution is 6.30. The molecule has 0 aromatic heterocycles. The second kappa shape index (κ2) is 6.22. The van der Waals surface area contributed by atoms with Gasteiger partial charge in [0, 0.05) is 10.6 Å². The first-order valence-electron chi connectivity index (χ1n) is 6.12. The summed E-state index contributed by atoms with van der Waals surface area (Å²) in [6, 6.07) is 9.69. The van der Waals surface area contributed by atoms with Crippen molar-refractivity contribution in [1.82, 2.24) is 5.43 Å². The number of hydrogen-bond acceptors (Lipinski definition) is 3. The van der Waals surface area contributed by atoms with Crippen LogP contribution in [0.25, 0.3) is 0 Å². The highest BCUT2D eigenvalue weighted by Crippen LogP contribution is 2.29. The smallest absolute Gasteiger partial charge is 0.129 e. The summed E-state index contributed by atoms with van der Waals surface area (Å²) in [6.07, 6.45) is 0. The van der Waals surface area contributed by atoms with E-state index in [1.807, 2.05) is 25.1 Å². The second-order valence-corrected chi connectivity index (χ2v) is 4.93. The normalized spacial score (nSPS) is 12.2. The Morgan fingerprint density at radius 3 is 2.60 bits per heavy atom. The van der Waals surface area contributed by atoms with Gasteiger partial charge in [0.25, 0.3) is 0 Å². The summed E-state index contributed by atoms with van der Waals surface area (Å²) in [5.41, 5.74) is 4.88. The Hall–Kier alpha value is -1.62. The standard InChI is InChI=1S/C15H16ClFN2O/c1-9-3-4-10(7-14(9)20-2)15(19-18)12-6-5-11(16)8-13(12)17/h3-8,15,19H,18H2,1-2H3. The largest absolute Gasteiger partial charge is 0.496 e. The van der Waals surface area contributed by atoms with Crippen molar-refractivity contribution >= 4 is 11.6 Å². The number of nitrogens with two attached hydrogens (primary N) is 1. The molecule has 20 heavy (non-hydrogen) atoms. The number of hydrogen-bond donors (Lipinski definition) is 2. The van der Waals surface area contributed by atoms with E-state index in [1.165, 1.54) is 6.07 Å². The summed E-state index contributed by atoms with van der Waals surface area (Å²) in [4.78, 5) is 0. The van der Waals surface area contributed by atoms with Crippen LogP contribution in [-0.4, -0.2) is 7.11 Å². The maximum atomic E-state index is 14.0. The topological polar surface area (TPSA) is 47.3 Å². The molecule has 0 heterocycles. The minimum atomic E-state index is -0.471. The number of hydrazine groups is 1. The van der Waals surface area contributed by atoms with Gasteiger partial charge in [0.1, 0.15) is 11.6 Å². The quantitative estimate of drug-likeness (QED) is 0.671. The Balaban J connectivity index is 2.46. The molecule has 0 spiro atoms. The zero-order chi connectivity index (χ0) is 14.7. The average molecular weight is 295 g/mol.